The highest BCUT2D eigenvalue weighted by molar-refractivity contribution is 6.32. The van der Waals surface area contributed by atoms with Crippen molar-refractivity contribution in [2.24, 2.45) is 0 Å². The third-order valence-corrected chi connectivity index (χ3v) is 2.94. The first-order valence-corrected chi connectivity index (χ1v) is 5.96. The maximum atomic E-state index is 11.0. The van der Waals surface area contributed by atoms with Crippen LogP contribution in [0.5, 0.6) is 0 Å². The molecule has 0 amide bonds. The number of rotatable bonds is 4. The van der Waals surface area contributed by atoms with Crippen LogP contribution in [0.25, 0.3) is 5.69 Å². The molecule has 0 aliphatic carbocycles. The van der Waals surface area contributed by atoms with Gasteiger partial charge in [-0.05, 0) is 12.5 Å². The van der Waals surface area contributed by atoms with Gasteiger partial charge in [0.1, 0.15) is 5.69 Å². The van der Waals surface area contributed by atoms with Gasteiger partial charge in [-0.1, -0.05) is 29.8 Å². The smallest absolute Gasteiger partial charge is 0.296 e. The van der Waals surface area contributed by atoms with Crippen LogP contribution in [0.3, 0.4) is 0 Å². The molecule has 0 spiro atoms. The zero-order valence-electron chi connectivity index (χ0n) is 10.0. The number of nitro groups is 1. The number of aliphatic hydroxyl groups excluding tert-OH is 1. The first-order chi connectivity index (χ1) is 9.04. The minimum absolute atomic E-state index is 0.135. The lowest BCUT2D eigenvalue weighted by molar-refractivity contribution is -0.384. The van der Waals surface area contributed by atoms with E-state index >= 15 is 0 Å². The molecule has 100 valence electrons. The maximum Gasteiger partial charge on any atom is 0.296 e. The summed E-state index contributed by atoms with van der Waals surface area (Å²) in [5.74, 6) is 0. The first-order valence-electron chi connectivity index (χ1n) is 5.58. The van der Waals surface area contributed by atoms with E-state index in [0.717, 1.165) is 0 Å². The largest absolute Gasteiger partial charge is 0.387 e. The molecule has 1 atom stereocenters. The Morgan fingerprint density at radius 2 is 2.32 bits per heavy atom. The van der Waals surface area contributed by atoms with Gasteiger partial charge in [0.2, 0.25) is 0 Å². The lowest BCUT2D eigenvalue weighted by Crippen LogP contribution is -2.01. The second-order valence-corrected chi connectivity index (χ2v) is 4.28. The predicted octanol–water partition coefficient (Wildman–Crippen LogP) is 2.27. The molecule has 0 bridgehead atoms. The van der Waals surface area contributed by atoms with E-state index in [9.17, 15) is 15.2 Å². The van der Waals surface area contributed by atoms with Gasteiger partial charge in [-0.15, -0.1) is 5.10 Å². The van der Waals surface area contributed by atoms with Crippen LogP contribution in [0.4, 0.5) is 5.69 Å². The molecule has 7 nitrogen and oxygen atoms in total. The lowest BCUT2D eigenvalue weighted by atomic mass is 10.2. The molecule has 2 aromatic rings. The number of nitrogens with zero attached hydrogens (tertiary/aromatic N) is 4. The van der Waals surface area contributed by atoms with Crippen molar-refractivity contribution in [2.75, 3.05) is 0 Å². The van der Waals surface area contributed by atoms with Crippen molar-refractivity contribution in [2.45, 2.75) is 19.4 Å². The normalized spacial score (nSPS) is 12.4. The Morgan fingerprint density at radius 3 is 2.95 bits per heavy atom. The van der Waals surface area contributed by atoms with Gasteiger partial charge in [0.25, 0.3) is 5.69 Å². The van der Waals surface area contributed by atoms with E-state index in [1.54, 1.807) is 6.92 Å². The first kappa shape index (κ1) is 13.4. The van der Waals surface area contributed by atoms with Crippen molar-refractivity contribution in [1.29, 1.82) is 0 Å². The van der Waals surface area contributed by atoms with Gasteiger partial charge >= 0.3 is 0 Å². The molecule has 1 aromatic carbocycles. The summed E-state index contributed by atoms with van der Waals surface area (Å²) >= 11 is 5.98. The molecule has 0 saturated carbocycles. The molecular formula is C11H11ClN4O3. The fourth-order valence-electron chi connectivity index (χ4n) is 1.63. The Bertz CT molecular complexity index is 614. The molecule has 0 aliphatic heterocycles. The van der Waals surface area contributed by atoms with Crippen LogP contribution in [-0.4, -0.2) is 25.0 Å². The van der Waals surface area contributed by atoms with Gasteiger partial charge in [0.15, 0.2) is 5.69 Å². The summed E-state index contributed by atoms with van der Waals surface area (Å²) in [4.78, 5) is 10.4. The van der Waals surface area contributed by atoms with Crippen molar-refractivity contribution in [3.8, 4) is 5.69 Å². The minimum atomic E-state index is -0.754. The van der Waals surface area contributed by atoms with E-state index in [-0.39, 0.29) is 16.4 Å². The monoisotopic (exact) mass is 282 g/mol. The SMILES string of the molecule is CCC(O)c1cn(-c2c(Cl)cccc2[N+](=O)[O-])nn1. The molecule has 1 unspecified atom stereocenters. The van der Waals surface area contributed by atoms with Crippen LogP contribution < -0.4 is 0 Å². The summed E-state index contributed by atoms with van der Waals surface area (Å²) in [6.07, 6.45) is 1.15. The Balaban J connectivity index is 2.53. The predicted molar refractivity (Wildman–Crippen MR) is 68.3 cm³/mol. The van der Waals surface area contributed by atoms with Gasteiger partial charge < -0.3 is 5.11 Å². The zero-order chi connectivity index (χ0) is 14.0. The van der Waals surface area contributed by atoms with Crippen molar-refractivity contribution in [1.82, 2.24) is 15.0 Å². The van der Waals surface area contributed by atoms with Crippen LogP contribution in [-0.2, 0) is 0 Å². The fraction of sp³-hybridized carbons (Fsp3) is 0.273. The summed E-state index contributed by atoms with van der Waals surface area (Å²) in [5, 5.41) is 28.4. The standard InChI is InChI=1S/C11H11ClN4O3/c1-2-10(17)8-6-15(14-13-8)11-7(12)4-3-5-9(11)16(18)19/h3-6,10,17H,2H2,1H3. The second kappa shape index (κ2) is 5.33. The summed E-state index contributed by atoms with van der Waals surface area (Å²) in [5.41, 5.74) is 0.308. The highest BCUT2D eigenvalue weighted by Gasteiger charge is 2.21. The molecule has 1 aromatic heterocycles. The summed E-state index contributed by atoms with van der Waals surface area (Å²) in [6.45, 7) is 1.79. The van der Waals surface area contributed by atoms with Gasteiger partial charge in [-0.3, -0.25) is 10.1 Å². The van der Waals surface area contributed by atoms with E-state index in [1.807, 2.05) is 0 Å². The molecule has 0 radical (unpaired) electrons. The Kier molecular flexibility index (Phi) is 3.77. The van der Waals surface area contributed by atoms with Crippen molar-refractivity contribution in [3.63, 3.8) is 0 Å². The average molecular weight is 283 g/mol. The molecular weight excluding hydrogens is 272 g/mol. The highest BCUT2D eigenvalue weighted by atomic mass is 35.5. The van der Waals surface area contributed by atoms with E-state index in [0.29, 0.717) is 12.1 Å². The molecule has 0 aliphatic rings. The van der Waals surface area contributed by atoms with E-state index in [4.69, 9.17) is 11.6 Å². The number of hydrogen-bond acceptors (Lipinski definition) is 5. The molecule has 1 N–H and O–H groups in total. The van der Waals surface area contributed by atoms with E-state index in [1.165, 1.54) is 29.1 Å². The Hall–Kier alpha value is -1.99. The van der Waals surface area contributed by atoms with Gasteiger partial charge in [-0.25, -0.2) is 4.68 Å². The van der Waals surface area contributed by atoms with Crippen LogP contribution >= 0.6 is 11.6 Å². The van der Waals surface area contributed by atoms with Gasteiger partial charge in [0.05, 0.1) is 22.2 Å². The Morgan fingerprint density at radius 1 is 1.58 bits per heavy atom. The van der Waals surface area contributed by atoms with E-state index < -0.39 is 11.0 Å². The quantitative estimate of drug-likeness (QED) is 0.686. The van der Waals surface area contributed by atoms with E-state index in [2.05, 4.69) is 10.3 Å². The second-order valence-electron chi connectivity index (χ2n) is 3.88. The number of benzene rings is 1. The van der Waals surface area contributed by atoms with Crippen LogP contribution in [0.1, 0.15) is 25.1 Å². The Labute approximate surface area is 113 Å². The number of halogens is 1. The molecule has 1 heterocycles. The zero-order valence-corrected chi connectivity index (χ0v) is 10.8. The topological polar surface area (TPSA) is 94.1 Å². The van der Waals surface area contributed by atoms with Crippen LogP contribution in [0, 0.1) is 10.1 Å². The van der Waals surface area contributed by atoms with Gasteiger partial charge in [0, 0.05) is 6.07 Å². The minimum Gasteiger partial charge on any atom is -0.387 e. The highest BCUT2D eigenvalue weighted by Crippen LogP contribution is 2.30. The summed E-state index contributed by atoms with van der Waals surface area (Å²) in [6, 6.07) is 4.35. The van der Waals surface area contributed by atoms with Crippen LogP contribution in [0.2, 0.25) is 5.02 Å². The molecule has 0 fully saturated rings. The van der Waals surface area contributed by atoms with Crippen LogP contribution in [0.15, 0.2) is 24.4 Å². The number of hydrogen-bond donors (Lipinski definition) is 1. The van der Waals surface area contributed by atoms with Crippen molar-refractivity contribution >= 4 is 17.3 Å². The summed E-state index contributed by atoms with van der Waals surface area (Å²) < 4.78 is 1.20. The van der Waals surface area contributed by atoms with Crippen molar-refractivity contribution < 1.29 is 10.0 Å². The number of para-hydroxylation sites is 1. The lowest BCUT2D eigenvalue weighted by Gasteiger charge is -2.04. The van der Waals surface area contributed by atoms with Gasteiger partial charge in [-0.2, -0.15) is 0 Å². The van der Waals surface area contributed by atoms with Crippen molar-refractivity contribution in [3.05, 3.63) is 45.2 Å². The number of nitro benzene ring substituents is 1. The number of aromatic nitrogens is 3. The molecule has 2 rings (SSSR count). The molecule has 8 heteroatoms. The third-order valence-electron chi connectivity index (χ3n) is 2.63. The molecule has 19 heavy (non-hydrogen) atoms. The summed E-state index contributed by atoms with van der Waals surface area (Å²) in [7, 11) is 0. The number of aliphatic hydroxyl groups is 1. The fourth-order valence-corrected chi connectivity index (χ4v) is 1.88. The molecule has 0 saturated heterocycles. The third kappa shape index (κ3) is 2.56. The average Bonchev–Trinajstić information content (AvgIpc) is 2.86. The maximum absolute atomic E-state index is 11.0.